The van der Waals surface area contributed by atoms with Crippen molar-refractivity contribution >= 4 is 17.5 Å². The predicted octanol–water partition coefficient (Wildman–Crippen LogP) is 3.74. The number of hydrogen-bond acceptors (Lipinski definition) is 3. The minimum absolute atomic E-state index is 0.208. The van der Waals surface area contributed by atoms with Crippen LogP contribution in [0.2, 0.25) is 0 Å². The fraction of sp³-hybridized carbons (Fsp3) is 0.0455. The third-order valence-corrected chi connectivity index (χ3v) is 4.00. The first-order chi connectivity index (χ1) is 13.2. The van der Waals surface area contributed by atoms with Crippen LogP contribution >= 0.6 is 0 Å². The van der Waals surface area contributed by atoms with Gasteiger partial charge in [0.25, 0.3) is 11.8 Å². The van der Waals surface area contributed by atoms with Crippen LogP contribution in [0.1, 0.15) is 31.8 Å². The summed E-state index contributed by atoms with van der Waals surface area (Å²) in [4.78, 5) is 24.6. The number of nitrogens with one attached hydrogen (secondary N) is 2. The van der Waals surface area contributed by atoms with Crippen molar-refractivity contribution in [3.05, 3.63) is 101 Å². The third kappa shape index (κ3) is 4.59. The monoisotopic (exact) mass is 355 g/mol. The summed E-state index contributed by atoms with van der Waals surface area (Å²) < 4.78 is 0. The highest BCUT2D eigenvalue weighted by Crippen LogP contribution is 2.15. The van der Waals surface area contributed by atoms with E-state index in [1.807, 2.05) is 36.4 Å². The van der Waals surface area contributed by atoms with E-state index in [0.717, 1.165) is 5.56 Å². The van der Waals surface area contributed by atoms with Crippen molar-refractivity contribution in [3.63, 3.8) is 0 Å². The molecule has 0 spiro atoms. The van der Waals surface area contributed by atoms with E-state index in [1.54, 1.807) is 48.5 Å². The number of carbonyl (C=O) groups excluding carboxylic acids is 2. The van der Waals surface area contributed by atoms with Crippen LogP contribution in [-0.2, 0) is 6.54 Å². The van der Waals surface area contributed by atoms with E-state index in [-0.39, 0.29) is 11.8 Å². The summed E-state index contributed by atoms with van der Waals surface area (Å²) in [6.45, 7) is 0.437. The van der Waals surface area contributed by atoms with Crippen LogP contribution < -0.4 is 10.6 Å². The summed E-state index contributed by atoms with van der Waals surface area (Å²) in [5, 5.41) is 14.6. The maximum atomic E-state index is 12.4. The molecule has 0 aromatic heterocycles. The number of nitrogens with zero attached hydrogens (tertiary/aromatic N) is 1. The highest BCUT2D eigenvalue weighted by molar-refractivity contribution is 6.05. The van der Waals surface area contributed by atoms with Gasteiger partial charge in [-0.25, -0.2) is 0 Å². The fourth-order valence-electron chi connectivity index (χ4n) is 2.54. The van der Waals surface area contributed by atoms with Crippen LogP contribution in [0.15, 0.2) is 78.9 Å². The Morgan fingerprint density at radius 2 is 1.37 bits per heavy atom. The molecule has 3 rings (SSSR count). The van der Waals surface area contributed by atoms with E-state index < -0.39 is 0 Å². The van der Waals surface area contributed by atoms with E-state index >= 15 is 0 Å². The fourth-order valence-corrected chi connectivity index (χ4v) is 2.54. The van der Waals surface area contributed by atoms with Gasteiger partial charge in [-0.2, -0.15) is 5.26 Å². The Labute approximate surface area is 157 Å². The number of anilines is 1. The SMILES string of the molecule is N#Cc1ccccc1NC(=O)c1ccc(C(=O)NCc2ccccc2)cc1. The van der Waals surface area contributed by atoms with Crippen LogP contribution in [0.5, 0.6) is 0 Å². The van der Waals surface area contributed by atoms with Crippen molar-refractivity contribution in [2.75, 3.05) is 5.32 Å². The molecule has 2 amide bonds. The van der Waals surface area contributed by atoms with E-state index in [0.29, 0.717) is 28.9 Å². The average molecular weight is 355 g/mol. The van der Waals surface area contributed by atoms with E-state index in [2.05, 4.69) is 10.6 Å². The van der Waals surface area contributed by atoms with Crippen LogP contribution in [0, 0.1) is 11.3 Å². The molecule has 0 bridgehead atoms. The Morgan fingerprint density at radius 3 is 2.04 bits per heavy atom. The van der Waals surface area contributed by atoms with Crippen molar-refractivity contribution in [1.29, 1.82) is 5.26 Å². The normalized spacial score (nSPS) is 9.89. The lowest BCUT2D eigenvalue weighted by Crippen LogP contribution is -2.23. The second kappa shape index (κ2) is 8.45. The predicted molar refractivity (Wildman–Crippen MR) is 103 cm³/mol. The lowest BCUT2D eigenvalue weighted by atomic mass is 10.1. The quantitative estimate of drug-likeness (QED) is 0.731. The van der Waals surface area contributed by atoms with Gasteiger partial charge in [0.1, 0.15) is 6.07 Å². The second-order valence-electron chi connectivity index (χ2n) is 5.86. The third-order valence-electron chi connectivity index (χ3n) is 4.00. The summed E-state index contributed by atoms with van der Waals surface area (Å²) in [5.74, 6) is -0.547. The number of para-hydroxylation sites is 1. The Kier molecular flexibility index (Phi) is 5.60. The number of carbonyl (C=O) groups is 2. The van der Waals surface area contributed by atoms with Crippen molar-refractivity contribution < 1.29 is 9.59 Å². The highest BCUT2D eigenvalue weighted by Gasteiger charge is 2.11. The molecule has 132 valence electrons. The van der Waals surface area contributed by atoms with Gasteiger partial charge in [-0.05, 0) is 42.0 Å². The van der Waals surface area contributed by atoms with Gasteiger partial charge in [-0.1, -0.05) is 42.5 Å². The number of amides is 2. The molecular weight excluding hydrogens is 338 g/mol. The van der Waals surface area contributed by atoms with Gasteiger partial charge in [0.15, 0.2) is 0 Å². The topological polar surface area (TPSA) is 82.0 Å². The standard InChI is InChI=1S/C22H17N3O2/c23-14-19-8-4-5-9-20(19)25-22(27)18-12-10-17(11-13-18)21(26)24-15-16-6-2-1-3-7-16/h1-13H,15H2,(H,24,26)(H,25,27). The molecule has 27 heavy (non-hydrogen) atoms. The summed E-state index contributed by atoms with van der Waals surface area (Å²) in [6.07, 6.45) is 0. The van der Waals surface area contributed by atoms with Gasteiger partial charge in [0.05, 0.1) is 11.3 Å². The van der Waals surface area contributed by atoms with Gasteiger partial charge in [0, 0.05) is 17.7 Å². The summed E-state index contributed by atoms with van der Waals surface area (Å²) in [5.41, 5.74) is 2.73. The average Bonchev–Trinajstić information content (AvgIpc) is 2.73. The molecule has 0 saturated heterocycles. The summed E-state index contributed by atoms with van der Waals surface area (Å²) >= 11 is 0. The number of benzene rings is 3. The molecule has 0 unspecified atom stereocenters. The Bertz CT molecular complexity index is 990. The molecule has 5 heteroatoms. The van der Waals surface area contributed by atoms with Gasteiger partial charge < -0.3 is 10.6 Å². The number of hydrogen-bond donors (Lipinski definition) is 2. The molecule has 0 radical (unpaired) electrons. The molecule has 2 N–H and O–H groups in total. The molecule has 0 aliphatic heterocycles. The van der Waals surface area contributed by atoms with Gasteiger partial charge in [0.2, 0.25) is 0 Å². The van der Waals surface area contributed by atoms with Crippen LogP contribution in [0.4, 0.5) is 5.69 Å². The van der Waals surface area contributed by atoms with E-state index in [4.69, 9.17) is 5.26 Å². The van der Waals surface area contributed by atoms with Gasteiger partial charge in [-0.3, -0.25) is 9.59 Å². The lowest BCUT2D eigenvalue weighted by molar-refractivity contribution is 0.0949. The number of rotatable bonds is 5. The summed E-state index contributed by atoms with van der Waals surface area (Å²) in [6, 6.07) is 24.8. The molecule has 0 atom stereocenters. The van der Waals surface area contributed by atoms with Gasteiger partial charge in [-0.15, -0.1) is 0 Å². The largest absolute Gasteiger partial charge is 0.348 e. The van der Waals surface area contributed by atoms with Gasteiger partial charge >= 0.3 is 0 Å². The molecular formula is C22H17N3O2. The Hall–Kier alpha value is -3.91. The maximum Gasteiger partial charge on any atom is 0.255 e. The van der Waals surface area contributed by atoms with E-state index in [9.17, 15) is 9.59 Å². The molecule has 3 aromatic rings. The lowest BCUT2D eigenvalue weighted by Gasteiger charge is -2.08. The maximum absolute atomic E-state index is 12.4. The first-order valence-corrected chi connectivity index (χ1v) is 8.40. The second-order valence-corrected chi connectivity index (χ2v) is 5.86. The molecule has 0 fully saturated rings. The Balaban J connectivity index is 1.63. The first kappa shape index (κ1) is 17.9. The number of nitriles is 1. The highest BCUT2D eigenvalue weighted by atomic mass is 16.2. The van der Waals surface area contributed by atoms with Crippen molar-refractivity contribution in [2.45, 2.75) is 6.54 Å². The van der Waals surface area contributed by atoms with E-state index in [1.165, 1.54) is 0 Å². The Morgan fingerprint density at radius 1 is 0.778 bits per heavy atom. The molecule has 5 nitrogen and oxygen atoms in total. The van der Waals surface area contributed by atoms with Crippen LogP contribution in [0.3, 0.4) is 0 Å². The summed E-state index contributed by atoms with van der Waals surface area (Å²) in [7, 11) is 0. The van der Waals surface area contributed by atoms with Crippen LogP contribution in [0.25, 0.3) is 0 Å². The van der Waals surface area contributed by atoms with Crippen molar-refractivity contribution in [2.24, 2.45) is 0 Å². The molecule has 0 saturated carbocycles. The minimum atomic E-state index is -0.339. The van der Waals surface area contributed by atoms with Crippen molar-refractivity contribution in [1.82, 2.24) is 5.32 Å². The zero-order chi connectivity index (χ0) is 19.1. The molecule has 3 aromatic carbocycles. The smallest absolute Gasteiger partial charge is 0.255 e. The molecule has 0 aliphatic rings. The zero-order valence-corrected chi connectivity index (χ0v) is 14.5. The van der Waals surface area contributed by atoms with Crippen molar-refractivity contribution in [3.8, 4) is 6.07 Å². The van der Waals surface area contributed by atoms with Crippen LogP contribution in [-0.4, -0.2) is 11.8 Å². The zero-order valence-electron chi connectivity index (χ0n) is 14.5. The minimum Gasteiger partial charge on any atom is -0.348 e. The molecule has 0 aliphatic carbocycles. The first-order valence-electron chi connectivity index (χ1n) is 8.40. The molecule has 0 heterocycles.